The predicted octanol–water partition coefficient (Wildman–Crippen LogP) is 2.04. The fraction of sp³-hybridized carbons (Fsp3) is 0.636. The molecule has 1 aromatic heterocycles. The largest absolute Gasteiger partial charge is 0.481 e. The maximum Gasteiger partial charge on any atom is 0.303 e. The van der Waals surface area contributed by atoms with E-state index in [-0.39, 0.29) is 6.42 Å². The van der Waals surface area contributed by atoms with Gasteiger partial charge in [-0.15, -0.1) is 0 Å². The van der Waals surface area contributed by atoms with Crippen molar-refractivity contribution in [1.29, 1.82) is 0 Å². The Morgan fingerprint density at radius 3 is 3.25 bits per heavy atom. The van der Waals surface area contributed by atoms with Crippen molar-refractivity contribution in [3.05, 3.63) is 17.7 Å². The van der Waals surface area contributed by atoms with Crippen LogP contribution < -0.4 is 0 Å². The lowest BCUT2D eigenvalue weighted by atomic mass is 10.0. The zero-order valence-corrected chi connectivity index (χ0v) is 9.92. The molecule has 0 spiro atoms. The van der Waals surface area contributed by atoms with E-state index in [1.54, 1.807) is 0 Å². The molecule has 0 aliphatic carbocycles. The molecule has 2 heterocycles. The van der Waals surface area contributed by atoms with Crippen molar-refractivity contribution in [1.82, 2.24) is 9.97 Å². The van der Waals surface area contributed by atoms with E-state index < -0.39 is 5.97 Å². The summed E-state index contributed by atoms with van der Waals surface area (Å²) >= 11 is 1.98. The highest BCUT2D eigenvalue weighted by Crippen LogP contribution is 2.30. The molecule has 4 nitrogen and oxygen atoms in total. The van der Waals surface area contributed by atoms with Crippen LogP contribution in [-0.2, 0) is 11.2 Å². The minimum atomic E-state index is -0.772. The fourth-order valence-corrected chi connectivity index (χ4v) is 3.09. The quantitative estimate of drug-likeness (QED) is 0.845. The van der Waals surface area contributed by atoms with Crippen molar-refractivity contribution in [3.63, 3.8) is 0 Å². The van der Waals surface area contributed by atoms with Gasteiger partial charge in [0.15, 0.2) is 0 Å². The second-order valence-electron chi connectivity index (χ2n) is 4.09. The summed E-state index contributed by atoms with van der Waals surface area (Å²) in [6.07, 6.45) is 4.99. The number of aromatic amines is 1. The summed E-state index contributed by atoms with van der Waals surface area (Å²) in [5, 5.41) is 8.59. The Morgan fingerprint density at radius 2 is 2.56 bits per heavy atom. The average molecular weight is 240 g/mol. The van der Waals surface area contributed by atoms with Crippen LogP contribution in [0.5, 0.6) is 0 Å². The van der Waals surface area contributed by atoms with Crippen molar-refractivity contribution >= 4 is 17.7 Å². The molecule has 0 amide bonds. The van der Waals surface area contributed by atoms with Gasteiger partial charge in [0.05, 0.1) is 6.42 Å². The maximum atomic E-state index is 10.4. The zero-order chi connectivity index (χ0) is 11.4. The lowest BCUT2D eigenvalue weighted by Gasteiger charge is -2.19. The minimum Gasteiger partial charge on any atom is -0.481 e. The average Bonchev–Trinajstić information content (AvgIpc) is 2.76. The highest BCUT2D eigenvalue weighted by Gasteiger charge is 2.17. The molecular formula is C11H16N2O2S. The Morgan fingerprint density at radius 1 is 1.69 bits per heavy atom. The zero-order valence-electron chi connectivity index (χ0n) is 9.11. The molecule has 2 rings (SSSR count). The first-order valence-corrected chi connectivity index (χ1v) is 6.74. The van der Waals surface area contributed by atoms with Crippen LogP contribution in [-0.4, -0.2) is 32.5 Å². The summed E-state index contributed by atoms with van der Waals surface area (Å²) in [6.45, 7) is 0. The molecule has 1 fully saturated rings. The van der Waals surface area contributed by atoms with Gasteiger partial charge < -0.3 is 10.1 Å². The molecule has 0 aromatic carbocycles. The van der Waals surface area contributed by atoms with Crippen LogP contribution in [0.4, 0.5) is 0 Å². The third-order valence-electron chi connectivity index (χ3n) is 2.82. The smallest absolute Gasteiger partial charge is 0.303 e. The summed E-state index contributed by atoms with van der Waals surface area (Å²) in [5.74, 6) is 3.01. The number of H-pyrrole nitrogens is 1. The number of thioether (sulfide) groups is 1. The van der Waals surface area contributed by atoms with E-state index in [0.717, 1.165) is 11.6 Å². The topological polar surface area (TPSA) is 66.0 Å². The SMILES string of the molecule is O=C(O)CCc1ncc(C2CCCSC2)[nH]1. The summed E-state index contributed by atoms with van der Waals surface area (Å²) < 4.78 is 0. The second-order valence-corrected chi connectivity index (χ2v) is 5.24. The van der Waals surface area contributed by atoms with E-state index in [1.165, 1.54) is 24.3 Å². The second kappa shape index (κ2) is 5.39. The van der Waals surface area contributed by atoms with Gasteiger partial charge in [-0.2, -0.15) is 11.8 Å². The number of aliphatic carboxylic acids is 1. The molecule has 1 saturated heterocycles. The summed E-state index contributed by atoms with van der Waals surface area (Å²) in [6, 6.07) is 0. The monoisotopic (exact) mass is 240 g/mol. The van der Waals surface area contributed by atoms with Crippen LogP contribution >= 0.6 is 11.8 Å². The first-order valence-electron chi connectivity index (χ1n) is 5.59. The third-order valence-corrected chi connectivity index (χ3v) is 4.04. The molecule has 0 bridgehead atoms. The standard InChI is InChI=1S/C11H16N2O2S/c14-11(15)4-3-10-12-6-9(13-10)8-2-1-5-16-7-8/h6,8H,1-5,7H2,(H,12,13)(H,14,15). The number of aromatic nitrogens is 2. The van der Waals surface area contributed by atoms with Crippen molar-refractivity contribution < 1.29 is 9.90 Å². The number of imidazole rings is 1. The van der Waals surface area contributed by atoms with Gasteiger partial charge >= 0.3 is 5.97 Å². The van der Waals surface area contributed by atoms with Gasteiger partial charge in [0, 0.05) is 30.0 Å². The van der Waals surface area contributed by atoms with E-state index >= 15 is 0 Å². The fourth-order valence-electron chi connectivity index (χ4n) is 1.92. The molecule has 1 aliphatic rings. The number of carboxylic acids is 1. The number of hydrogen-bond acceptors (Lipinski definition) is 3. The van der Waals surface area contributed by atoms with Crippen molar-refractivity contribution in [2.24, 2.45) is 0 Å². The Hall–Kier alpha value is -0.970. The number of nitrogens with zero attached hydrogens (tertiary/aromatic N) is 1. The van der Waals surface area contributed by atoms with Gasteiger partial charge in [-0.1, -0.05) is 0 Å². The van der Waals surface area contributed by atoms with Gasteiger partial charge in [-0.3, -0.25) is 4.79 Å². The highest BCUT2D eigenvalue weighted by molar-refractivity contribution is 7.99. The van der Waals surface area contributed by atoms with Gasteiger partial charge in [-0.25, -0.2) is 4.98 Å². The van der Waals surface area contributed by atoms with Crippen LogP contribution in [0.1, 0.15) is 36.7 Å². The summed E-state index contributed by atoms with van der Waals surface area (Å²) in [4.78, 5) is 17.9. The molecule has 88 valence electrons. The van der Waals surface area contributed by atoms with Gasteiger partial charge in [0.25, 0.3) is 0 Å². The Bertz CT molecular complexity index is 359. The molecule has 0 radical (unpaired) electrons. The number of rotatable bonds is 4. The molecule has 1 unspecified atom stereocenters. The Balaban J connectivity index is 1.93. The van der Waals surface area contributed by atoms with Gasteiger partial charge in [0.1, 0.15) is 5.82 Å². The molecule has 5 heteroatoms. The number of nitrogens with one attached hydrogen (secondary N) is 1. The lowest BCUT2D eigenvalue weighted by molar-refractivity contribution is -0.137. The Kier molecular flexibility index (Phi) is 3.88. The van der Waals surface area contributed by atoms with Crippen LogP contribution in [0.15, 0.2) is 6.20 Å². The molecule has 1 aliphatic heterocycles. The molecule has 1 atom stereocenters. The first kappa shape index (κ1) is 11.5. The van der Waals surface area contributed by atoms with Crippen LogP contribution in [0, 0.1) is 0 Å². The first-order chi connectivity index (χ1) is 7.75. The molecular weight excluding hydrogens is 224 g/mol. The Labute approximate surface area is 98.9 Å². The number of hydrogen-bond donors (Lipinski definition) is 2. The summed E-state index contributed by atoms with van der Waals surface area (Å²) in [7, 11) is 0. The summed E-state index contributed by atoms with van der Waals surface area (Å²) in [5.41, 5.74) is 1.17. The molecule has 1 aromatic rings. The van der Waals surface area contributed by atoms with E-state index in [2.05, 4.69) is 9.97 Å². The van der Waals surface area contributed by atoms with Gasteiger partial charge in [0.2, 0.25) is 0 Å². The lowest BCUT2D eigenvalue weighted by Crippen LogP contribution is -2.09. The maximum absolute atomic E-state index is 10.4. The molecule has 16 heavy (non-hydrogen) atoms. The predicted molar refractivity (Wildman–Crippen MR) is 63.8 cm³/mol. The van der Waals surface area contributed by atoms with E-state index in [9.17, 15) is 4.79 Å². The van der Waals surface area contributed by atoms with E-state index in [4.69, 9.17) is 5.11 Å². The van der Waals surface area contributed by atoms with E-state index in [0.29, 0.717) is 12.3 Å². The normalized spacial score (nSPS) is 20.9. The number of carbonyl (C=O) groups is 1. The minimum absolute atomic E-state index is 0.145. The van der Waals surface area contributed by atoms with Crippen molar-refractivity contribution in [3.8, 4) is 0 Å². The van der Waals surface area contributed by atoms with E-state index in [1.807, 2.05) is 18.0 Å². The number of aryl methyl sites for hydroxylation is 1. The molecule has 0 saturated carbocycles. The highest BCUT2D eigenvalue weighted by atomic mass is 32.2. The molecule has 2 N–H and O–H groups in total. The number of carboxylic acid groups (broad SMARTS) is 1. The van der Waals surface area contributed by atoms with Crippen LogP contribution in [0.2, 0.25) is 0 Å². The van der Waals surface area contributed by atoms with Crippen LogP contribution in [0.3, 0.4) is 0 Å². The van der Waals surface area contributed by atoms with Gasteiger partial charge in [-0.05, 0) is 18.6 Å². The third kappa shape index (κ3) is 3.01. The van der Waals surface area contributed by atoms with Crippen LogP contribution in [0.25, 0.3) is 0 Å². The van der Waals surface area contributed by atoms with Crippen molar-refractivity contribution in [2.75, 3.05) is 11.5 Å². The van der Waals surface area contributed by atoms with Crippen molar-refractivity contribution in [2.45, 2.75) is 31.6 Å².